The van der Waals surface area contributed by atoms with Crippen molar-refractivity contribution in [2.75, 3.05) is 20.7 Å². The third kappa shape index (κ3) is 2.19. The fourth-order valence-corrected chi connectivity index (χ4v) is 6.73. The van der Waals surface area contributed by atoms with E-state index in [1.165, 1.54) is 6.07 Å². The summed E-state index contributed by atoms with van der Waals surface area (Å²) >= 11 is 0. The van der Waals surface area contributed by atoms with Crippen molar-refractivity contribution in [1.29, 1.82) is 0 Å². The zero-order valence-corrected chi connectivity index (χ0v) is 18.1. The Kier molecular flexibility index (Phi) is 3.97. The van der Waals surface area contributed by atoms with Crippen LogP contribution in [0, 0.1) is 0 Å². The number of rotatable bonds is 3. The molecule has 2 aliphatic heterocycles. The van der Waals surface area contributed by atoms with Gasteiger partial charge in [0.15, 0.2) is 23.4 Å². The molecule has 1 N–H and O–H groups in total. The number of likely N-dealkylation sites (N-methyl/N-ethyl adjacent to an activating group) is 1. The van der Waals surface area contributed by atoms with Crippen LogP contribution in [0.2, 0.25) is 0 Å². The van der Waals surface area contributed by atoms with E-state index in [1.807, 2.05) is 19.2 Å². The van der Waals surface area contributed by atoms with Gasteiger partial charge in [-0.3, -0.25) is 9.69 Å². The van der Waals surface area contributed by atoms with E-state index in [2.05, 4.69) is 4.90 Å². The first-order valence-corrected chi connectivity index (χ1v) is 11.0. The lowest BCUT2D eigenvalue weighted by atomic mass is 9.49. The number of methoxy groups -OCH3 is 1. The van der Waals surface area contributed by atoms with E-state index in [0.717, 1.165) is 17.7 Å². The van der Waals surface area contributed by atoms with Crippen LogP contribution in [0.5, 0.6) is 17.2 Å². The second-order valence-electron chi connectivity index (χ2n) is 9.31. The van der Waals surface area contributed by atoms with Crippen molar-refractivity contribution in [2.24, 2.45) is 0 Å². The molecule has 7 heteroatoms. The maximum absolute atomic E-state index is 13.4. The molecule has 1 saturated carbocycles. The van der Waals surface area contributed by atoms with E-state index < -0.39 is 23.1 Å². The predicted octanol–water partition coefficient (Wildman–Crippen LogP) is 2.62. The van der Waals surface area contributed by atoms with E-state index >= 15 is 0 Å². The van der Waals surface area contributed by atoms with Crippen LogP contribution in [0.15, 0.2) is 36.4 Å². The molecule has 32 heavy (non-hydrogen) atoms. The molecule has 0 aromatic heterocycles. The van der Waals surface area contributed by atoms with Gasteiger partial charge in [-0.2, -0.15) is 0 Å². The van der Waals surface area contributed by atoms with Crippen molar-refractivity contribution in [3.05, 3.63) is 53.1 Å². The van der Waals surface area contributed by atoms with Crippen molar-refractivity contribution >= 4 is 11.8 Å². The predicted molar refractivity (Wildman–Crippen MR) is 114 cm³/mol. The molecule has 166 valence electrons. The Morgan fingerprint density at radius 1 is 1.22 bits per heavy atom. The van der Waals surface area contributed by atoms with Crippen LogP contribution in [0.3, 0.4) is 0 Å². The number of ether oxygens (including phenoxy) is 3. The maximum Gasteiger partial charge on any atom is 0.342 e. The molecule has 2 aromatic carbocycles. The number of esters is 1. The van der Waals surface area contributed by atoms with Gasteiger partial charge < -0.3 is 19.3 Å². The number of phenolic OH excluding ortho intramolecular Hbond substituents is 1. The molecule has 2 aliphatic carbocycles. The van der Waals surface area contributed by atoms with Crippen LogP contribution >= 0.6 is 0 Å². The van der Waals surface area contributed by atoms with Crippen molar-refractivity contribution in [3.8, 4) is 17.2 Å². The van der Waals surface area contributed by atoms with Crippen LogP contribution in [0.25, 0.3) is 0 Å². The fraction of sp³-hybridized carbons (Fsp3) is 0.440. The van der Waals surface area contributed by atoms with Crippen molar-refractivity contribution in [3.63, 3.8) is 0 Å². The Morgan fingerprint density at radius 3 is 2.81 bits per heavy atom. The van der Waals surface area contributed by atoms with Gasteiger partial charge in [0.05, 0.1) is 18.6 Å². The number of nitrogens with zero attached hydrogens (tertiary/aromatic N) is 1. The minimum Gasteiger partial charge on any atom is -0.507 e. The van der Waals surface area contributed by atoms with Gasteiger partial charge in [0.25, 0.3) is 0 Å². The Bertz CT molecular complexity index is 1160. The lowest BCUT2D eigenvalue weighted by Crippen LogP contribution is -2.77. The van der Waals surface area contributed by atoms with Gasteiger partial charge >= 0.3 is 5.97 Å². The van der Waals surface area contributed by atoms with Gasteiger partial charge in [-0.15, -0.1) is 0 Å². The third-order valence-corrected chi connectivity index (χ3v) is 8.09. The number of piperidine rings is 1. The number of benzene rings is 2. The lowest BCUT2D eigenvalue weighted by Gasteiger charge is -2.63. The average Bonchev–Trinajstić information content (AvgIpc) is 3.14. The van der Waals surface area contributed by atoms with Gasteiger partial charge in [0.2, 0.25) is 0 Å². The number of hydrogen-bond acceptors (Lipinski definition) is 7. The first-order chi connectivity index (χ1) is 15.4. The molecule has 6 rings (SSSR count). The Hall–Kier alpha value is -3.06. The highest BCUT2D eigenvalue weighted by atomic mass is 16.6. The molecule has 2 heterocycles. The number of phenols is 1. The standard InChI is InChI=1S/C25H25NO6/c1-26-12-11-24-20-14-7-8-18(30-2)21(20)31-22(24)17(28)9-10-25(24,19(26)13-14)32-23(29)15-5-3-4-6-16(15)27/h3-8,19,22,27H,9-13H2,1-2H3/t19-,22+,24+,25-/m1/s1. The van der Waals surface area contributed by atoms with E-state index in [4.69, 9.17) is 14.2 Å². The topological polar surface area (TPSA) is 85.3 Å². The summed E-state index contributed by atoms with van der Waals surface area (Å²) in [6.45, 7) is 0.768. The normalized spacial score (nSPS) is 32.1. The Labute approximate surface area is 185 Å². The highest BCUT2D eigenvalue weighted by molar-refractivity contribution is 5.94. The molecule has 0 unspecified atom stereocenters. The molecule has 0 radical (unpaired) electrons. The van der Waals surface area contributed by atoms with Gasteiger partial charge in [-0.05, 0) is 56.6 Å². The highest BCUT2D eigenvalue weighted by Gasteiger charge is 2.75. The van der Waals surface area contributed by atoms with E-state index in [9.17, 15) is 14.7 Å². The van der Waals surface area contributed by atoms with Crippen LogP contribution in [0.1, 0.15) is 40.7 Å². The van der Waals surface area contributed by atoms with Gasteiger partial charge in [0, 0.05) is 12.0 Å². The molecule has 7 nitrogen and oxygen atoms in total. The van der Waals surface area contributed by atoms with Crippen LogP contribution in [0.4, 0.5) is 0 Å². The fourth-order valence-electron chi connectivity index (χ4n) is 6.73. The molecule has 1 saturated heterocycles. The summed E-state index contributed by atoms with van der Waals surface area (Å²) in [7, 11) is 3.64. The molecule has 2 fully saturated rings. The van der Waals surface area contributed by atoms with Crippen molar-refractivity contribution in [2.45, 2.75) is 48.8 Å². The molecule has 4 aliphatic rings. The molecule has 2 bridgehead atoms. The molecular weight excluding hydrogens is 410 g/mol. The zero-order valence-electron chi connectivity index (χ0n) is 18.1. The summed E-state index contributed by atoms with van der Waals surface area (Å²) in [6.07, 6.45) is 1.31. The molecule has 1 spiro atoms. The first-order valence-electron chi connectivity index (χ1n) is 11.0. The smallest absolute Gasteiger partial charge is 0.342 e. The Morgan fingerprint density at radius 2 is 2.03 bits per heavy atom. The molecular formula is C25H25NO6. The quantitative estimate of drug-likeness (QED) is 0.742. The van der Waals surface area contributed by atoms with E-state index in [-0.39, 0.29) is 29.6 Å². The summed E-state index contributed by atoms with van der Waals surface area (Å²) in [5, 5.41) is 10.3. The number of ketones is 1. The van der Waals surface area contributed by atoms with E-state index in [1.54, 1.807) is 25.3 Å². The molecule has 4 atom stereocenters. The monoisotopic (exact) mass is 435 g/mol. The zero-order chi connectivity index (χ0) is 22.3. The highest BCUT2D eigenvalue weighted by Crippen LogP contribution is 2.66. The summed E-state index contributed by atoms with van der Waals surface area (Å²) in [6, 6.07) is 10.2. The van der Waals surface area contributed by atoms with Gasteiger partial charge in [0.1, 0.15) is 16.9 Å². The van der Waals surface area contributed by atoms with Crippen molar-refractivity contribution in [1.82, 2.24) is 4.90 Å². The summed E-state index contributed by atoms with van der Waals surface area (Å²) < 4.78 is 18.4. The Balaban J connectivity index is 1.58. The second-order valence-corrected chi connectivity index (χ2v) is 9.31. The minimum atomic E-state index is -0.942. The number of carbonyl (C=O) groups is 2. The second kappa shape index (κ2) is 6.48. The van der Waals surface area contributed by atoms with Crippen molar-refractivity contribution < 1.29 is 28.9 Å². The molecule has 2 aromatic rings. The molecule has 0 amide bonds. The van der Waals surface area contributed by atoms with Gasteiger partial charge in [-0.25, -0.2) is 4.79 Å². The first kappa shape index (κ1) is 19.6. The minimum absolute atomic E-state index is 0.0358. The van der Waals surface area contributed by atoms with Crippen LogP contribution in [-0.2, 0) is 21.4 Å². The van der Waals surface area contributed by atoms with Gasteiger partial charge in [-0.1, -0.05) is 18.2 Å². The number of para-hydroxylation sites is 1. The summed E-state index contributed by atoms with van der Waals surface area (Å²) in [5.41, 5.74) is 0.496. The lowest BCUT2D eigenvalue weighted by molar-refractivity contribution is -0.186. The average molecular weight is 435 g/mol. The van der Waals surface area contributed by atoms with E-state index in [0.29, 0.717) is 30.8 Å². The summed E-state index contributed by atoms with van der Waals surface area (Å²) in [4.78, 5) is 28.8. The number of aromatic hydroxyl groups is 1. The third-order valence-electron chi connectivity index (χ3n) is 8.09. The number of carbonyl (C=O) groups excluding carboxylic acids is 2. The number of likely N-dealkylation sites (tertiary alicyclic amines) is 1. The maximum atomic E-state index is 13.4. The SMILES string of the molecule is COc1ccc2c3c1O[C@H]1C(=O)CC[C@@]4(OC(=O)c5ccccc5O)[C@@H](C2)N(C)CC[C@]314. The van der Waals surface area contributed by atoms with Crippen LogP contribution in [-0.4, -0.2) is 60.2 Å². The van der Waals surface area contributed by atoms with Crippen LogP contribution < -0.4 is 9.47 Å². The largest absolute Gasteiger partial charge is 0.507 e. The number of Topliss-reactive ketones (excluding diaryl/α,β-unsaturated/α-hetero) is 1. The number of hydrogen-bond donors (Lipinski definition) is 1. The summed E-state index contributed by atoms with van der Waals surface area (Å²) in [5.74, 6) is 0.550.